The van der Waals surface area contributed by atoms with Gasteiger partial charge < -0.3 is 14.8 Å². The zero-order chi connectivity index (χ0) is 14.3. The molecule has 0 aliphatic rings. The summed E-state index contributed by atoms with van der Waals surface area (Å²) in [7, 11) is 0. The Hall–Kier alpha value is -1.07. The number of benzene rings is 1. The molecule has 0 spiro atoms. The summed E-state index contributed by atoms with van der Waals surface area (Å²) in [5.74, 6) is 0.279. The minimum absolute atomic E-state index is 0.0734. The third kappa shape index (κ3) is 6.07. The maximum absolute atomic E-state index is 11.2. The molecule has 0 aromatic heterocycles. The largest absolute Gasteiger partial charge is 0.481 e. The Bertz CT molecular complexity index is 421. The summed E-state index contributed by atoms with van der Waals surface area (Å²) in [6.07, 6.45) is 0. The van der Waals surface area contributed by atoms with Gasteiger partial charge in [-0.2, -0.15) is 0 Å². The molecule has 0 aliphatic heterocycles. The standard InChI is InChI=1S/C14H20BrNO3/c1-4-18-14(17)9-19-13-6-5-11(7-12(13)15)8-16-10(2)3/h5-7,10,16H,4,8-9H2,1-3H3. The highest BCUT2D eigenvalue weighted by molar-refractivity contribution is 9.10. The smallest absolute Gasteiger partial charge is 0.344 e. The molecular formula is C14H20BrNO3. The first-order valence-corrected chi connectivity index (χ1v) is 7.12. The first-order valence-electron chi connectivity index (χ1n) is 6.33. The van der Waals surface area contributed by atoms with Gasteiger partial charge in [0, 0.05) is 12.6 Å². The number of nitrogens with one attached hydrogen (secondary N) is 1. The van der Waals surface area contributed by atoms with Gasteiger partial charge in [0.15, 0.2) is 6.61 Å². The molecule has 0 fully saturated rings. The quantitative estimate of drug-likeness (QED) is 0.781. The molecule has 1 aromatic rings. The van der Waals surface area contributed by atoms with Crippen molar-refractivity contribution in [2.75, 3.05) is 13.2 Å². The van der Waals surface area contributed by atoms with E-state index in [0.717, 1.165) is 16.6 Å². The Morgan fingerprint density at radius 1 is 1.42 bits per heavy atom. The van der Waals surface area contributed by atoms with Gasteiger partial charge in [0.1, 0.15) is 5.75 Å². The predicted octanol–water partition coefficient (Wildman–Crippen LogP) is 2.89. The fourth-order valence-corrected chi connectivity index (χ4v) is 1.97. The maximum Gasteiger partial charge on any atom is 0.344 e. The van der Waals surface area contributed by atoms with Gasteiger partial charge in [0.2, 0.25) is 0 Å². The SMILES string of the molecule is CCOC(=O)COc1ccc(CNC(C)C)cc1Br. The first kappa shape index (κ1) is 16.0. The van der Waals surface area contributed by atoms with Gasteiger partial charge in [0.25, 0.3) is 0 Å². The first-order chi connectivity index (χ1) is 9.02. The van der Waals surface area contributed by atoms with Crippen molar-refractivity contribution in [3.63, 3.8) is 0 Å². The van der Waals surface area contributed by atoms with Crippen molar-refractivity contribution in [3.05, 3.63) is 28.2 Å². The molecule has 0 amide bonds. The van der Waals surface area contributed by atoms with Crippen LogP contribution in [0.15, 0.2) is 22.7 Å². The van der Waals surface area contributed by atoms with Crippen LogP contribution in [-0.4, -0.2) is 25.2 Å². The van der Waals surface area contributed by atoms with Crippen LogP contribution in [0.3, 0.4) is 0 Å². The molecule has 1 aromatic carbocycles. The highest BCUT2D eigenvalue weighted by atomic mass is 79.9. The van der Waals surface area contributed by atoms with E-state index < -0.39 is 0 Å². The van der Waals surface area contributed by atoms with Crippen LogP contribution in [-0.2, 0) is 16.1 Å². The summed E-state index contributed by atoms with van der Waals surface area (Å²) in [5.41, 5.74) is 1.16. The minimum atomic E-state index is -0.361. The molecule has 0 atom stereocenters. The highest BCUT2D eigenvalue weighted by Crippen LogP contribution is 2.26. The lowest BCUT2D eigenvalue weighted by atomic mass is 10.2. The predicted molar refractivity (Wildman–Crippen MR) is 78.2 cm³/mol. The van der Waals surface area contributed by atoms with E-state index in [1.807, 2.05) is 18.2 Å². The van der Waals surface area contributed by atoms with Crippen LogP contribution in [0.4, 0.5) is 0 Å². The molecule has 19 heavy (non-hydrogen) atoms. The van der Waals surface area contributed by atoms with Crippen molar-refractivity contribution in [2.24, 2.45) is 0 Å². The molecule has 0 unspecified atom stereocenters. The summed E-state index contributed by atoms with van der Waals surface area (Å²) in [6, 6.07) is 6.25. The van der Waals surface area contributed by atoms with Gasteiger partial charge in [-0.1, -0.05) is 19.9 Å². The average molecular weight is 330 g/mol. The van der Waals surface area contributed by atoms with Crippen molar-refractivity contribution >= 4 is 21.9 Å². The molecule has 1 rings (SSSR count). The number of rotatable bonds is 7. The fourth-order valence-electron chi connectivity index (χ4n) is 1.43. The van der Waals surface area contributed by atoms with E-state index in [1.165, 1.54) is 0 Å². The van der Waals surface area contributed by atoms with Crippen molar-refractivity contribution in [1.29, 1.82) is 0 Å². The zero-order valence-corrected chi connectivity index (χ0v) is 13.1. The summed E-state index contributed by atoms with van der Waals surface area (Å²) >= 11 is 3.44. The van der Waals surface area contributed by atoms with E-state index in [4.69, 9.17) is 9.47 Å². The number of carbonyl (C=O) groups is 1. The molecular weight excluding hydrogens is 310 g/mol. The van der Waals surface area contributed by atoms with Gasteiger partial charge in [0.05, 0.1) is 11.1 Å². The number of ether oxygens (including phenoxy) is 2. The molecule has 1 N–H and O–H groups in total. The van der Waals surface area contributed by atoms with Crippen molar-refractivity contribution in [3.8, 4) is 5.75 Å². The van der Waals surface area contributed by atoms with Crippen LogP contribution < -0.4 is 10.1 Å². The topological polar surface area (TPSA) is 47.6 Å². The molecule has 106 valence electrons. The summed E-state index contributed by atoms with van der Waals surface area (Å²) in [4.78, 5) is 11.2. The van der Waals surface area contributed by atoms with E-state index in [9.17, 15) is 4.79 Å². The molecule has 0 radical (unpaired) electrons. The third-order valence-corrected chi connectivity index (χ3v) is 2.98. The van der Waals surface area contributed by atoms with Crippen LogP contribution in [0.25, 0.3) is 0 Å². The fraction of sp³-hybridized carbons (Fsp3) is 0.500. The number of halogens is 1. The van der Waals surface area contributed by atoms with Gasteiger partial charge in [-0.15, -0.1) is 0 Å². The lowest BCUT2D eigenvalue weighted by molar-refractivity contribution is -0.145. The minimum Gasteiger partial charge on any atom is -0.481 e. The van der Waals surface area contributed by atoms with E-state index in [1.54, 1.807) is 6.92 Å². The number of hydrogen-bond donors (Lipinski definition) is 1. The van der Waals surface area contributed by atoms with Gasteiger partial charge in [-0.05, 0) is 40.5 Å². The molecule has 0 aliphatic carbocycles. The van der Waals surface area contributed by atoms with Crippen molar-refractivity contribution in [2.45, 2.75) is 33.4 Å². The number of carbonyl (C=O) groups excluding carboxylic acids is 1. The Morgan fingerprint density at radius 2 is 2.16 bits per heavy atom. The second-order valence-electron chi connectivity index (χ2n) is 4.39. The Labute approximate surface area is 122 Å². The van der Waals surface area contributed by atoms with Crippen molar-refractivity contribution < 1.29 is 14.3 Å². The van der Waals surface area contributed by atoms with Gasteiger partial charge >= 0.3 is 5.97 Å². The van der Waals surface area contributed by atoms with Crippen LogP contribution >= 0.6 is 15.9 Å². The second kappa shape index (κ2) is 8.17. The van der Waals surface area contributed by atoms with Crippen LogP contribution in [0, 0.1) is 0 Å². The van der Waals surface area contributed by atoms with Crippen LogP contribution in [0.2, 0.25) is 0 Å². The van der Waals surface area contributed by atoms with Crippen molar-refractivity contribution in [1.82, 2.24) is 5.32 Å². The Kier molecular flexibility index (Phi) is 6.87. The second-order valence-corrected chi connectivity index (χ2v) is 5.25. The van der Waals surface area contributed by atoms with Gasteiger partial charge in [-0.25, -0.2) is 4.79 Å². The summed E-state index contributed by atoms with van der Waals surface area (Å²) in [5, 5.41) is 3.34. The van der Waals surface area contributed by atoms with E-state index in [-0.39, 0.29) is 12.6 Å². The number of esters is 1. The Balaban J connectivity index is 2.54. The van der Waals surface area contributed by atoms with Gasteiger partial charge in [-0.3, -0.25) is 0 Å². The Morgan fingerprint density at radius 3 is 2.74 bits per heavy atom. The van der Waals surface area contributed by atoms with E-state index in [2.05, 4.69) is 35.1 Å². The number of hydrogen-bond acceptors (Lipinski definition) is 4. The molecule has 0 bridgehead atoms. The zero-order valence-electron chi connectivity index (χ0n) is 11.5. The van der Waals surface area contributed by atoms with E-state index >= 15 is 0 Å². The van der Waals surface area contributed by atoms with Crippen LogP contribution in [0.1, 0.15) is 26.3 Å². The third-order valence-electron chi connectivity index (χ3n) is 2.36. The summed E-state index contributed by atoms with van der Waals surface area (Å²) in [6.45, 7) is 7.07. The molecule has 0 saturated carbocycles. The van der Waals surface area contributed by atoms with E-state index in [0.29, 0.717) is 18.4 Å². The monoisotopic (exact) mass is 329 g/mol. The molecule has 4 nitrogen and oxygen atoms in total. The molecule has 5 heteroatoms. The normalized spacial score (nSPS) is 10.6. The lowest BCUT2D eigenvalue weighted by Crippen LogP contribution is -2.21. The maximum atomic E-state index is 11.2. The summed E-state index contributed by atoms with van der Waals surface area (Å²) < 4.78 is 11.0. The highest BCUT2D eigenvalue weighted by Gasteiger charge is 2.07. The average Bonchev–Trinajstić information content (AvgIpc) is 2.35. The molecule has 0 saturated heterocycles. The molecule has 0 heterocycles. The van der Waals surface area contributed by atoms with Crippen LogP contribution in [0.5, 0.6) is 5.75 Å². The lowest BCUT2D eigenvalue weighted by Gasteiger charge is -2.11.